The molecule has 1 heterocycles. The van der Waals surface area contributed by atoms with Gasteiger partial charge in [0.25, 0.3) is 0 Å². The number of nitrogens with two attached hydrogens (primary N) is 1. The van der Waals surface area contributed by atoms with Crippen LogP contribution in [0.15, 0.2) is 18.2 Å². The molecule has 1 aliphatic heterocycles. The Balaban J connectivity index is 2.31. The van der Waals surface area contributed by atoms with Gasteiger partial charge in [0, 0.05) is 13.0 Å². The Kier molecular flexibility index (Phi) is 3.10. The zero-order valence-corrected chi connectivity index (χ0v) is 10.2. The van der Waals surface area contributed by atoms with Crippen LogP contribution in [0.4, 0.5) is 11.4 Å². The van der Waals surface area contributed by atoms with Gasteiger partial charge in [-0.1, -0.05) is 12.1 Å². The van der Waals surface area contributed by atoms with E-state index in [1.807, 2.05) is 25.1 Å². The van der Waals surface area contributed by atoms with Crippen LogP contribution in [0.25, 0.3) is 0 Å². The lowest BCUT2D eigenvalue weighted by Crippen LogP contribution is -2.25. The van der Waals surface area contributed by atoms with Crippen LogP contribution in [-0.2, 0) is 4.79 Å². The Morgan fingerprint density at radius 2 is 2.31 bits per heavy atom. The molecule has 0 saturated carbocycles. The van der Waals surface area contributed by atoms with Crippen molar-refractivity contribution < 1.29 is 4.79 Å². The van der Waals surface area contributed by atoms with E-state index in [0.717, 1.165) is 23.5 Å². The number of carbonyl (C=O) groups excluding carboxylic acids is 1. The minimum absolute atomic E-state index is 0.149. The van der Waals surface area contributed by atoms with Gasteiger partial charge in [0.1, 0.15) is 0 Å². The number of thiol groups is 1. The van der Waals surface area contributed by atoms with Crippen LogP contribution in [0.3, 0.4) is 0 Å². The van der Waals surface area contributed by atoms with Gasteiger partial charge in [-0.3, -0.25) is 4.79 Å². The lowest BCUT2D eigenvalue weighted by Gasteiger charge is -2.19. The number of aryl methyl sites for hydroxylation is 1. The highest BCUT2D eigenvalue weighted by Gasteiger charge is 2.30. The average molecular weight is 236 g/mol. The topological polar surface area (TPSA) is 46.3 Å². The van der Waals surface area contributed by atoms with Crippen molar-refractivity contribution in [3.8, 4) is 0 Å². The van der Waals surface area contributed by atoms with Crippen LogP contribution in [0.2, 0.25) is 0 Å². The standard InChI is InChI=1S/C12H16N2OS/c1-8-3-2-4-10(12(8)13)14-6-9(7-16)5-11(14)15/h2-4,9,16H,5-7,13H2,1H3. The third-order valence-corrected chi connectivity index (χ3v) is 3.57. The van der Waals surface area contributed by atoms with Crippen molar-refractivity contribution in [3.63, 3.8) is 0 Å². The van der Waals surface area contributed by atoms with Gasteiger partial charge >= 0.3 is 0 Å². The molecule has 4 heteroatoms. The van der Waals surface area contributed by atoms with Crippen molar-refractivity contribution in [1.29, 1.82) is 0 Å². The first kappa shape index (κ1) is 11.3. The summed E-state index contributed by atoms with van der Waals surface area (Å²) in [5.41, 5.74) is 8.56. The number of amides is 1. The fraction of sp³-hybridized carbons (Fsp3) is 0.417. The summed E-state index contributed by atoms with van der Waals surface area (Å²) >= 11 is 4.25. The highest BCUT2D eigenvalue weighted by molar-refractivity contribution is 7.80. The Morgan fingerprint density at radius 1 is 1.56 bits per heavy atom. The van der Waals surface area contributed by atoms with E-state index in [4.69, 9.17) is 5.73 Å². The molecule has 1 aliphatic rings. The van der Waals surface area contributed by atoms with Crippen molar-refractivity contribution >= 4 is 29.9 Å². The number of hydrogen-bond donors (Lipinski definition) is 2. The molecule has 1 amide bonds. The van der Waals surface area contributed by atoms with Gasteiger partial charge < -0.3 is 10.6 Å². The van der Waals surface area contributed by atoms with E-state index in [0.29, 0.717) is 18.0 Å². The summed E-state index contributed by atoms with van der Waals surface area (Å²) in [6.45, 7) is 2.69. The van der Waals surface area contributed by atoms with E-state index >= 15 is 0 Å². The van der Waals surface area contributed by atoms with Gasteiger partial charge in [-0.15, -0.1) is 0 Å². The largest absolute Gasteiger partial charge is 0.397 e. The first-order chi connectivity index (χ1) is 7.63. The molecule has 3 nitrogen and oxygen atoms in total. The number of nitrogen functional groups attached to an aromatic ring is 1. The fourth-order valence-electron chi connectivity index (χ4n) is 2.04. The molecule has 2 N–H and O–H groups in total. The number of benzene rings is 1. The number of anilines is 2. The Morgan fingerprint density at radius 3 is 2.94 bits per heavy atom. The molecule has 0 aromatic heterocycles. The Labute approximate surface area is 101 Å². The van der Waals surface area contributed by atoms with E-state index < -0.39 is 0 Å². The normalized spacial score (nSPS) is 20.5. The monoisotopic (exact) mass is 236 g/mol. The first-order valence-electron chi connectivity index (χ1n) is 5.39. The average Bonchev–Trinajstić information content (AvgIpc) is 2.64. The van der Waals surface area contributed by atoms with Crippen molar-refractivity contribution in [2.45, 2.75) is 13.3 Å². The molecule has 1 saturated heterocycles. The summed E-state index contributed by atoms with van der Waals surface area (Å²) in [4.78, 5) is 13.6. The van der Waals surface area contributed by atoms with Gasteiger partial charge in [-0.2, -0.15) is 12.6 Å². The summed E-state index contributed by atoms with van der Waals surface area (Å²) in [6.07, 6.45) is 0.580. The zero-order chi connectivity index (χ0) is 11.7. The van der Waals surface area contributed by atoms with Gasteiger partial charge in [0.15, 0.2) is 0 Å². The number of rotatable bonds is 2. The summed E-state index contributed by atoms with van der Waals surface area (Å²) in [5, 5.41) is 0. The molecule has 2 rings (SSSR count). The number of para-hydroxylation sites is 1. The molecule has 0 radical (unpaired) electrons. The quantitative estimate of drug-likeness (QED) is 0.608. The summed E-state index contributed by atoms with van der Waals surface area (Å²) in [7, 11) is 0. The van der Waals surface area contributed by atoms with Crippen LogP contribution in [-0.4, -0.2) is 18.2 Å². The molecule has 1 fully saturated rings. The number of carbonyl (C=O) groups is 1. The van der Waals surface area contributed by atoms with Crippen molar-refractivity contribution in [2.75, 3.05) is 22.9 Å². The van der Waals surface area contributed by atoms with Gasteiger partial charge in [-0.05, 0) is 30.2 Å². The molecule has 16 heavy (non-hydrogen) atoms. The van der Waals surface area contributed by atoms with Crippen LogP contribution in [0.5, 0.6) is 0 Å². The van der Waals surface area contributed by atoms with Crippen LogP contribution < -0.4 is 10.6 Å². The molecular weight excluding hydrogens is 220 g/mol. The smallest absolute Gasteiger partial charge is 0.227 e. The van der Waals surface area contributed by atoms with E-state index in [2.05, 4.69) is 12.6 Å². The molecule has 0 bridgehead atoms. The number of hydrogen-bond acceptors (Lipinski definition) is 3. The SMILES string of the molecule is Cc1cccc(N2CC(CS)CC2=O)c1N. The predicted molar refractivity (Wildman–Crippen MR) is 69.9 cm³/mol. The highest BCUT2D eigenvalue weighted by atomic mass is 32.1. The molecule has 0 spiro atoms. The maximum atomic E-state index is 11.8. The molecule has 1 atom stereocenters. The lowest BCUT2D eigenvalue weighted by molar-refractivity contribution is -0.117. The van der Waals surface area contributed by atoms with Crippen LogP contribution in [0, 0.1) is 12.8 Å². The third kappa shape index (κ3) is 1.89. The predicted octanol–water partition coefficient (Wildman–Crippen LogP) is 1.86. The summed E-state index contributed by atoms with van der Waals surface area (Å²) < 4.78 is 0. The lowest BCUT2D eigenvalue weighted by atomic mass is 10.1. The van der Waals surface area contributed by atoms with Gasteiger partial charge in [-0.25, -0.2) is 0 Å². The second-order valence-electron chi connectivity index (χ2n) is 4.26. The van der Waals surface area contributed by atoms with Crippen molar-refractivity contribution in [1.82, 2.24) is 0 Å². The third-order valence-electron chi connectivity index (χ3n) is 3.06. The molecule has 1 aromatic carbocycles. The van der Waals surface area contributed by atoms with Crippen LogP contribution >= 0.6 is 12.6 Å². The van der Waals surface area contributed by atoms with E-state index in [-0.39, 0.29) is 5.91 Å². The molecule has 0 aliphatic carbocycles. The first-order valence-corrected chi connectivity index (χ1v) is 6.03. The minimum Gasteiger partial charge on any atom is -0.397 e. The van der Waals surface area contributed by atoms with E-state index in [1.165, 1.54) is 0 Å². The van der Waals surface area contributed by atoms with E-state index in [9.17, 15) is 4.79 Å². The molecule has 1 aromatic rings. The Bertz CT molecular complexity index is 419. The fourth-order valence-corrected chi connectivity index (χ4v) is 2.28. The molecular formula is C12H16N2OS. The maximum absolute atomic E-state index is 11.8. The van der Waals surface area contributed by atoms with Gasteiger partial charge in [0.2, 0.25) is 5.91 Å². The molecule has 1 unspecified atom stereocenters. The van der Waals surface area contributed by atoms with Crippen LogP contribution in [0.1, 0.15) is 12.0 Å². The maximum Gasteiger partial charge on any atom is 0.227 e. The summed E-state index contributed by atoms with van der Waals surface area (Å²) in [6, 6.07) is 5.79. The van der Waals surface area contributed by atoms with Gasteiger partial charge in [0.05, 0.1) is 11.4 Å². The van der Waals surface area contributed by atoms with Crippen molar-refractivity contribution in [2.24, 2.45) is 5.92 Å². The minimum atomic E-state index is 0.149. The highest BCUT2D eigenvalue weighted by Crippen LogP contribution is 2.31. The molecule has 86 valence electrons. The summed E-state index contributed by atoms with van der Waals surface area (Å²) in [5.74, 6) is 1.24. The second kappa shape index (κ2) is 4.37. The number of nitrogens with zero attached hydrogens (tertiary/aromatic N) is 1. The van der Waals surface area contributed by atoms with E-state index in [1.54, 1.807) is 4.90 Å². The Hall–Kier alpha value is -1.16. The zero-order valence-electron chi connectivity index (χ0n) is 9.31. The van der Waals surface area contributed by atoms with Crippen molar-refractivity contribution in [3.05, 3.63) is 23.8 Å². The second-order valence-corrected chi connectivity index (χ2v) is 4.63.